The van der Waals surface area contributed by atoms with Gasteiger partial charge in [0.25, 0.3) is 5.91 Å². The Balaban J connectivity index is 1.53. The van der Waals surface area contributed by atoms with Crippen LogP contribution in [0.4, 0.5) is 13.2 Å². The van der Waals surface area contributed by atoms with Gasteiger partial charge in [0.15, 0.2) is 0 Å². The highest BCUT2D eigenvalue weighted by Gasteiger charge is 2.37. The minimum atomic E-state index is -4.54. The van der Waals surface area contributed by atoms with Gasteiger partial charge in [0.05, 0.1) is 29.7 Å². The topological polar surface area (TPSA) is 59.8 Å². The molecule has 3 aromatic rings. The van der Waals surface area contributed by atoms with Crippen molar-refractivity contribution >= 4 is 46.3 Å². The van der Waals surface area contributed by atoms with E-state index in [0.29, 0.717) is 22.6 Å². The van der Waals surface area contributed by atoms with Crippen molar-refractivity contribution in [1.82, 2.24) is 4.90 Å². The van der Waals surface area contributed by atoms with Gasteiger partial charge in [0.2, 0.25) is 0 Å². The van der Waals surface area contributed by atoms with E-state index in [1.807, 2.05) is 0 Å². The number of benzene rings is 2. The van der Waals surface area contributed by atoms with Crippen LogP contribution in [0.5, 0.6) is 0 Å². The van der Waals surface area contributed by atoms with Gasteiger partial charge in [-0.3, -0.25) is 9.69 Å². The number of hydrogen-bond donors (Lipinski definition) is 0. The second kappa shape index (κ2) is 9.47. The molecule has 0 atom stereocenters. The van der Waals surface area contributed by atoms with Crippen molar-refractivity contribution in [3.8, 4) is 11.3 Å². The molecule has 0 aliphatic carbocycles. The predicted octanol–water partition coefficient (Wildman–Crippen LogP) is 6.15. The number of carbonyl (C=O) groups excluding carboxylic acids is 2. The fourth-order valence-electron chi connectivity index (χ4n) is 3.34. The molecule has 0 saturated carbocycles. The Morgan fingerprint density at radius 1 is 1.12 bits per heavy atom. The summed E-state index contributed by atoms with van der Waals surface area (Å²) in [5, 5.41) is 0. The molecule has 4 rings (SSSR count). The lowest BCUT2D eigenvalue weighted by Crippen LogP contribution is -2.28. The summed E-state index contributed by atoms with van der Waals surface area (Å²) >= 11 is 6.25. The number of alkyl halides is 3. The van der Waals surface area contributed by atoms with E-state index >= 15 is 0 Å². The van der Waals surface area contributed by atoms with E-state index in [0.717, 1.165) is 22.7 Å². The minimum absolute atomic E-state index is 0.0387. The Kier molecular flexibility index (Phi) is 6.63. The van der Waals surface area contributed by atoms with Gasteiger partial charge in [-0.15, -0.1) is 0 Å². The largest absolute Gasteiger partial charge is 0.465 e. The first-order chi connectivity index (χ1) is 16.2. The van der Waals surface area contributed by atoms with E-state index in [9.17, 15) is 22.8 Å². The molecule has 1 amide bonds. The van der Waals surface area contributed by atoms with Crippen LogP contribution in [0, 0.1) is 0 Å². The average Bonchev–Trinajstić information content (AvgIpc) is 3.38. The zero-order valence-electron chi connectivity index (χ0n) is 17.6. The lowest BCUT2D eigenvalue weighted by molar-refractivity contribution is -0.138. The molecule has 0 N–H and O–H groups in total. The maximum atomic E-state index is 13.3. The van der Waals surface area contributed by atoms with Crippen LogP contribution in [-0.4, -0.2) is 28.2 Å². The number of thiocarbonyl (C=S) groups is 1. The van der Waals surface area contributed by atoms with E-state index in [1.165, 1.54) is 31.4 Å². The highest BCUT2D eigenvalue weighted by molar-refractivity contribution is 8.26. The number of hydrogen-bond acceptors (Lipinski definition) is 6. The Hall–Kier alpha value is -3.37. The predicted molar refractivity (Wildman–Crippen MR) is 126 cm³/mol. The van der Waals surface area contributed by atoms with Crippen molar-refractivity contribution in [2.45, 2.75) is 12.7 Å². The molecule has 5 nitrogen and oxygen atoms in total. The fourth-order valence-corrected chi connectivity index (χ4v) is 4.58. The number of esters is 1. The molecular weight excluding hydrogens is 487 g/mol. The molecule has 0 unspecified atom stereocenters. The first kappa shape index (κ1) is 23.8. The van der Waals surface area contributed by atoms with Crippen molar-refractivity contribution in [2.75, 3.05) is 7.11 Å². The standard InChI is InChI=1S/C24H16F3NO4S2/c1-31-22(30)15-8-6-14(7-9-15)19-11-10-17(32-19)12-20-21(29)28(23(33)34-20)13-16-4-2-3-5-18(16)24(25,26)27/h2-12H,13H2,1H3/b20-12-. The summed E-state index contributed by atoms with van der Waals surface area (Å²) in [5.41, 5.74) is 0.266. The number of thioether (sulfide) groups is 1. The summed E-state index contributed by atoms with van der Waals surface area (Å²) in [4.78, 5) is 25.8. The zero-order valence-corrected chi connectivity index (χ0v) is 19.2. The van der Waals surface area contributed by atoms with Crippen LogP contribution < -0.4 is 0 Å². The highest BCUT2D eigenvalue weighted by Crippen LogP contribution is 2.37. The van der Waals surface area contributed by atoms with E-state index in [1.54, 1.807) is 36.4 Å². The number of carbonyl (C=O) groups is 2. The maximum absolute atomic E-state index is 13.3. The Bertz CT molecular complexity index is 1300. The van der Waals surface area contributed by atoms with Crippen LogP contribution >= 0.6 is 24.0 Å². The van der Waals surface area contributed by atoms with Crippen LogP contribution in [0.2, 0.25) is 0 Å². The number of rotatable bonds is 5. The van der Waals surface area contributed by atoms with Gasteiger partial charge in [-0.2, -0.15) is 13.2 Å². The van der Waals surface area contributed by atoms with Crippen LogP contribution in [0.25, 0.3) is 17.4 Å². The molecule has 1 saturated heterocycles. The Morgan fingerprint density at radius 2 is 1.82 bits per heavy atom. The van der Waals surface area contributed by atoms with E-state index in [2.05, 4.69) is 4.74 Å². The average molecular weight is 504 g/mol. The van der Waals surface area contributed by atoms with Crippen molar-refractivity contribution in [3.05, 3.63) is 88.0 Å². The Morgan fingerprint density at radius 3 is 2.50 bits per heavy atom. The molecule has 1 aliphatic rings. The van der Waals surface area contributed by atoms with Crippen molar-refractivity contribution in [1.29, 1.82) is 0 Å². The molecule has 2 aromatic carbocycles. The van der Waals surface area contributed by atoms with Gasteiger partial charge >= 0.3 is 12.1 Å². The molecule has 1 aromatic heterocycles. The summed E-state index contributed by atoms with van der Waals surface area (Å²) in [6.45, 7) is -0.284. The molecule has 174 valence electrons. The fraction of sp³-hybridized carbons (Fsp3) is 0.125. The summed E-state index contributed by atoms with van der Waals surface area (Å²) < 4.78 is 50.6. The van der Waals surface area contributed by atoms with Crippen molar-refractivity contribution in [2.24, 2.45) is 0 Å². The molecule has 0 radical (unpaired) electrons. The molecule has 0 bridgehead atoms. The second-order valence-corrected chi connectivity index (χ2v) is 8.87. The van der Waals surface area contributed by atoms with Crippen LogP contribution in [-0.2, 0) is 22.3 Å². The third-order valence-electron chi connectivity index (χ3n) is 5.02. The van der Waals surface area contributed by atoms with Crippen molar-refractivity contribution in [3.63, 3.8) is 0 Å². The zero-order chi connectivity index (χ0) is 24.5. The maximum Gasteiger partial charge on any atom is 0.416 e. The third-order valence-corrected chi connectivity index (χ3v) is 6.39. The second-order valence-electron chi connectivity index (χ2n) is 7.19. The van der Waals surface area contributed by atoms with Gasteiger partial charge in [0, 0.05) is 11.6 Å². The van der Waals surface area contributed by atoms with E-state index in [-0.39, 0.29) is 21.3 Å². The van der Waals surface area contributed by atoms with Gasteiger partial charge < -0.3 is 9.15 Å². The van der Waals surface area contributed by atoms with Gasteiger partial charge in [-0.05, 0) is 35.9 Å². The molecule has 34 heavy (non-hydrogen) atoms. The molecule has 10 heteroatoms. The molecular formula is C24H16F3NO4S2. The van der Waals surface area contributed by atoms with Gasteiger partial charge in [0.1, 0.15) is 15.8 Å². The van der Waals surface area contributed by atoms with Gasteiger partial charge in [-0.1, -0.05) is 54.3 Å². The van der Waals surface area contributed by atoms with Crippen LogP contribution in [0.15, 0.2) is 70.0 Å². The molecule has 0 spiro atoms. The van der Waals surface area contributed by atoms with E-state index in [4.69, 9.17) is 16.6 Å². The SMILES string of the molecule is COC(=O)c1ccc(-c2ccc(/C=C3\SC(=S)N(Cc4ccccc4C(F)(F)F)C3=O)o2)cc1. The summed E-state index contributed by atoms with van der Waals surface area (Å²) in [5.74, 6) is -0.0561. The lowest BCUT2D eigenvalue weighted by atomic mass is 10.1. The summed E-state index contributed by atoms with van der Waals surface area (Å²) in [6, 6.07) is 15.1. The molecule has 1 fully saturated rings. The third kappa shape index (κ3) is 4.92. The number of halogens is 3. The van der Waals surface area contributed by atoms with Crippen molar-refractivity contribution < 1.29 is 31.9 Å². The first-order valence-electron chi connectivity index (χ1n) is 9.86. The highest BCUT2D eigenvalue weighted by atomic mass is 32.2. The number of methoxy groups -OCH3 is 1. The molecule has 2 heterocycles. The summed E-state index contributed by atoms with van der Waals surface area (Å²) in [7, 11) is 1.30. The van der Waals surface area contributed by atoms with E-state index < -0.39 is 23.6 Å². The monoisotopic (exact) mass is 503 g/mol. The number of amides is 1. The lowest BCUT2D eigenvalue weighted by Gasteiger charge is -2.18. The molecule has 1 aliphatic heterocycles. The normalized spacial score (nSPS) is 15.3. The van der Waals surface area contributed by atoms with Gasteiger partial charge in [-0.25, -0.2) is 4.79 Å². The van der Waals surface area contributed by atoms with Crippen LogP contribution in [0.3, 0.4) is 0 Å². The number of nitrogens with zero attached hydrogens (tertiary/aromatic N) is 1. The number of furan rings is 1. The minimum Gasteiger partial charge on any atom is -0.465 e. The smallest absolute Gasteiger partial charge is 0.416 e. The number of ether oxygens (including phenoxy) is 1. The Labute approximate surface area is 202 Å². The quantitative estimate of drug-likeness (QED) is 0.236. The first-order valence-corrected chi connectivity index (χ1v) is 11.1. The summed E-state index contributed by atoms with van der Waals surface area (Å²) in [6.07, 6.45) is -3.03. The van der Waals surface area contributed by atoms with Crippen LogP contribution in [0.1, 0.15) is 27.2 Å².